The van der Waals surface area contributed by atoms with Crippen LogP contribution in [0.15, 0.2) is 48.5 Å². The molecule has 0 saturated heterocycles. The van der Waals surface area contributed by atoms with Gasteiger partial charge in [0.25, 0.3) is 0 Å². The molecular weight excluding hydrogens is 380 g/mol. The number of rotatable bonds is 13. The first-order chi connectivity index (χ1) is 14.2. The number of nitrogens with one attached hydrogen (secondary N) is 2. The van der Waals surface area contributed by atoms with E-state index in [0.29, 0.717) is 5.02 Å². The van der Waals surface area contributed by atoms with Gasteiger partial charge in [0.2, 0.25) is 0 Å². The first kappa shape index (κ1) is 23.3. The van der Waals surface area contributed by atoms with Gasteiger partial charge >= 0.3 is 6.03 Å². The Morgan fingerprint density at radius 3 is 2.00 bits per heavy atom. The lowest BCUT2D eigenvalue weighted by Gasteiger charge is -2.12. The van der Waals surface area contributed by atoms with Crippen molar-refractivity contribution >= 4 is 29.0 Å². The van der Waals surface area contributed by atoms with Crippen LogP contribution in [0.5, 0.6) is 0 Å². The van der Waals surface area contributed by atoms with Gasteiger partial charge in [0, 0.05) is 16.4 Å². The first-order valence-electron chi connectivity index (χ1n) is 11.1. The van der Waals surface area contributed by atoms with Gasteiger partial charge < -0.3 is 10.6 Å². The van der Waals surface area contributed by atoms with Crippen LogP contribution in [0.25, 0.3) is 0 Å². The molecule has 2 rings (SSSR count). The highest BCUT2D eigenvalue weighted by Crippen LogP contribution is 2.20. The highest BCUT2D eigenvalue weighted by molar-refractivity contribution is 6.30. The Morgan fingerprint density at radius 1 is 0.759 bits per heavy atom. The minimum Gasteiger partial charge on any atom is -0.308 e. The molecule has 0 aliphatic rings. The topological polar surface area (TPSA) is 41.1 Å². The number of carbonyl (C=O) groups is 1. The van der Waals surface area contributed by atoms with Crippen molar-refractivity contribution in [3.8, 4) is 0 Å². The first-order valence-corrected chi connectivity index (χ1v) is 11.5. The molecule has 2 aromatic rings. The molecule has 0 fully saturated rings. The van der Waals surface area contributed by atoms with Crippen molar-refractivity contribution in [3.63, 3.8) is 0 Å². The molecule has 2 amide bonds. The maximum absolute atomic E-state index is 12.3. The summed E-state index contributed by atoms with van der Waals surface area (Å²) in [5.41, 5.74) is 2.80. The molecule has 29 heavy (non-hydrogen) atoms. The second kappa shape index (κ2) is 14.1. The van der Waals surface area contributed by atoms with Crippen LogP contribution in [0, 0.1) is 0 Å². The van der Waals surface area contributed by atoms with Crippen LogP contribution in [0.3, 0.4) is 0 Å². The van der Waals surface area contributed by atoms with Crippen LogP contribution >= 0.6 is 11.6 Å². The molecule has 0 saturated carbocycles. The molecular formula is C25H35ClN2O. The fraction of sp³-hybridized carbons (Fsp3) is 0.480. The fourth-order valence-electron chi connectivity index (χ4n) is 3.48. The molecule has 0 radical (unpaired) electrons. The predicted octanol–water partition coefficient (Wildman–Crippen LogP) is 8.45. The Hall–Kier alpha value is -2.00. The number of anilines is 2. The van der Waals surface area contributed by atoms with E-state index in [2.05, 4.69) is 23.6 Å². The van der Waals surface area contributed by atoms with Crippen LogP contribution in [0.2, 0.25) is 5.02 Å². The summed E-state index contributed by atoms with van der Waals surface area (Å²) in [4.78, 5) is 12.3. The minimum absolute atomic E-state index is 0.233. The van der Waals surface area contributed by atoms with Gasteiger partial charge in [-0.05, 0) is 48.7 Å². The number of hydrogen-bond acceptors (Lipinski definition) is 1. The lowest BCUT2D eigenvalue weighted by atomic mass is 10.0. The zero-order chi connectivity index (χ0) is 20.7. The van der Waals surface area contributed by atoms with Crippen LogP contribution in [0.4, 0.5) is 16.2 Å². The number of halogens is 1. The van der Waals surface area contributed by atoms with Crippen molar-refractivity contribution in [3.05, 3.63) is 59.1 Å². The maximum atomic E-state index is 12.3. The van der Waals surface area contributed by atoms with Crippen molar-refractivity contribution in [1.29, 1.82) is 0 Å². The van der Waals surface area contributed by atoms with Crippen LogP contribution in [0.1, 0.15) is 76.7 Å². The maximum Gasteiger partial charge on any atom is 0.323 e. The van der Waals surface area contributed by atoms with Gasteiger partial charge in [-0.3, -0.25) is 0 Å². The van der Waals surface area contributed by atoms with Crippen molar-refractivity contribution in [2.45, 2.75) is 77.6 Å². The average Bonchev–Trinajstić information content (AvgIpc) is 2.72. The Balaban J connectivity index is 1.67. The number of urea groups is 1. The second-order valence-electron chi connectivity index (χ2n) is 7.68. The number of unbranched alkanes of at least 4 members (excludes halogenated alkanes) is 9. The highest BCUT2D eigenvalue weighted by Gasteiger charge is 2.07. The van der Waals surface area contributed by atoms with Crippen molar-refractivity contribution in [2.24, 2.45) is 0 Å². The van der Waals surface area contributed by atoms with Gasteiger partial charge in [-0.2, -0.15) is 0 Å². The molecule has 0 unspecified atom stereocenters. The molecule has 4 heteroatoms. The quantitative estimate of drug-likeness (QED) is 0.317. The molecule has 158 valence electrons. The third kappa shape index (κ3) is 9.85. The predicted molar refractivity (Wildman–Crippen MR) is 126 cm³/mol. The number of hydrogen-bond donors (Lipinski definition) is 2. The second-order valence-corrected chi connectivity index (χ2v) is 8.11. The minimum atomic E-state index is -0.233. The Kier molecular flexibility index (Phi) is 11.3. The summed E-state index contributed by atoms with van der Waals surface area (Å²) < 4.78 is 0. The summed E-state index contributed by atoms with van der Waals surface area (Å²) in [6, 6.07) is 14.9. The highest BCUT2D eigenvalue weighted by atomic mass is 35.5. The van der Waals surface area contributed by atoms with Crippen molar-refractivity contribution in [2.75, 3.05) is 10.6 Å². The molecule has 0 heterocycles. The Labute approximate surface area is 181 Å². The van der Waals surface area contributed by atoms with Gasteiger partial charge in [-0.15, -0.1) is 0 Å². The third-order valence-electron chi connectivity index (χ3n) is 5.17. The molecule has 0 aromatic heterocycles. The van der Waals surface area contributed by atoms with Gasteiger partial charge in [-0.1, -0.05) is 94.5 Å². The summed E-state index contributed by atoms with van der Waals surface area (Å²) in [5, 5.41) is 6.47. The van der Waals surface area contributed by atoms with Gasteiger partial charge in [-0.25, -0.2) is 4.79 Å². The Bertz CT molecular complexity index is 715. The van der Waals surface area contributed by atoms with E-state index >= 15 is 0 Å². The molecule has 0 aliphatic carbocycles. The number of para-hydroxylation sites is 1. The van der Waals surface area contributed by atoms with E-state index in [1.54, 1.807) is 24.3 Å². The van der Waals surface area contributed by atoms with Crippen molar-refractivity contribution in [1.82, 2.24) is 0 Å². The smallest absolute Gasteiger partial charge is 0.308 e. The molecule has 0 spiro atoms. The van der Waals surface area contributed by atoms with E-state index in [-0.39, 0.29) is 6.03 Å². The van der Waals surface area contributed by atoms with Crippen LogP contribution in [-0.2, 0) is 6.42 Å². The normalized spacial score (nSPS) is 10.7. The molecule has 2 N–H and O–H groups in total. The fourth-order valence-corrected chi connectivity index (χ4v) is 3.61. The van der Waals surface area contributed by atoms with E-state index in [1.165, 1.54) is 63.4 Å². The number of benzene rings is 2. The standard InChI is InChI=1S/C25H35ClN2O/c1-2-3-4-5-6-7-8-9-10-11-14-21-15-12-13-16-24(21)28-25(29)27-23-19-17-22(26)18-20-23/h12-13,15-20H,2-11,14H2,1H3,(H2,27,28,29). The van der Waals surface area contributed by atoms with Crippen LogP contribution in [-0.4, -0.2) is 6.03 Å². The molecule has 2 aromatic carbocycles. The van der Waals surface area contributed by atoms with E-state index < -0.39 is 0 Å². The SMILES string of the molecule is CCCCCCCCCCCCc1ccccc1NC(=O)Nc1ccc(Cl)cc1. The zero-order valence-electron chi connectivity index (χ0n) is 17.7. The summed E-state index contributed by atoms with van der Waals surface area (Å²) in [7, 11) is 0. The largest absolute Gasteiger partial charge is 0.323 e. The molecule has 0 atom stereocenters. The van der Waals surface area contributed by atoms with Gasteiger partial charge in [0.15, 0.2) is 0 Å². The lowest BCUT2D eigenvalue weighted by Crippen LogP contribution is -2.20. The van der Waals surface area contributed by atoms with E-state index in [0.717, 1.165) is 24.2 Å². The number of carbonyl (C=O) groups excluding carboxylic acids is 1. The summed E-state index contributed by atoms with van der Waals surface area (Å²) in [5.74, 6) is 0. The Morgan fingerprint density at radius 2 is 1.34 bits per heavy atom. The van der Waals surface area contributed by atoms with E-state index in [4.69, 9.17) is 11.6 Å². The number of amides is 2. The van der Waals surface area contributed by atoms with Gasteiger partial charge in [0.1, 0.15) is 0 Å². The molecule has 0 aliphatic heterocycles. The van der Waals surface area contributed by atoms with Crippen molar-refractivity contribution < 1.29 is 4.79 Å². The van der Waals surface area contributed by atoms with Gasteiger partial charge in [0.05, 0.1) is 0 Å². The van der Waals surface area contributed by atoms with E-state index in [1.807, 2.05) is 18.2 Å². The summed E-state index contributed by atoms with van der Waals surface area (Å²) in [6.45, 7) is 2.26. The molecule has 3 nitrogen and oxygen atoms in total. The van der Waals surface area contributed by atoms with E-state index in [9.17, 15) is 4.79 Å². The molecule has 0 bridgehead atoms. The van der Waals surface area contributed by atoms with Crippen LogP contribution < -0.4 is 10.6 Å². The third-order valence-corrected chi connectivity index (χ3v) is 5.42. The summed E-state index contributed by atoms with van der Waals surface area (Å²) in [6.07, 6.45) is 14.3. The lowest BCUT2D eigenvalue weighted by molar-refractivity contribution is 0.262. The average molecular weight is 415 g/mol. The monoisotopic (exact) mass is 414 g/mol. The summed E-state index contributed by atoms with van der Waals surface area (Å²) >= 11 is 5.88. The number of aryl methyl sites for hydroxylation is 1. The zero-order valence-corrected chi connectivity index (χ0v) is 18.4.